The summed E-state index contributed by atoms with van der Waals surface area (Å²) in [5.74, 6) is -0.357. The molecule has 0 aromatic heterocycles. The molecule has 3 rings (SSSR count). The number of aryl methyl sites for hydroxylation is 2. The third-order valence-corrected chi connectivity index (χ3v) is 6.08. The summed E-state index contributed by atoms with van der Waals surface area (Å²) in [4.78, 5) is 5.69. The van der Waals surface area contributed by atoms with E-state index in [1.165, 1.54) is 49.4 Å². The zero-order valence-corrected chi connectivity index (χ0v) is 17.2. The largest absolute Gasteiger partial charge is 0.302 e. The molecule has 0 bridgehead atoms. The first-order chi connectivity index (χ1) is 13.5. The van der Waals surface area contributed by atoms with E-state index in [4.69, 9.17) is 4.84 Å². The highest BCUT2D eigenvalue weighted by Crippen LogP contribution is 2.31. The van der Waals surface area contributed by atoms with Gasteiger partial charge in [0, 0.05) is 24.6 Å². The number of nitrogens with zero attached hydrogens (tertiary/aromatic N) is 1. The Bertz CT molecular complexity index is 746. The van der Waals surface area contributed by atoms with Crippen molar-refractivity contribution < 1.29 is 13.6 Å². The van der Waals surface area contributed by atoms with Gasteiger partial charge in [-0.3, -0.25) is 0 Å². The molecule has 152 valence electrons. The topological polar surface area (TPSA) is 12.5 Å². The third kappa shape index (κ3) is 4.98. The Hall–Kier alpha value is -1.78. The van der Waals surface area contributed by atoms with Crippen LogP contribution in [0.3, 0.4) is 0 Å². The molecule has 2 aromatic rings. The number of rotatable bonds is 8. The molecule has 1 fully saturated rings. The Kier molecular flexibility index (Phi) is 7.19. The van der Waals surface area contributed by atoms with Crippen molar-refractivity contribution in [3.63, 3.8) is 0 Å². The molecule has 1 atom stereocenters. The number of benzene rings is 2. The van der Waals surface area contributed by atoms with Crippen molar-refractivity contribution in [3.8, 4) is 0 Å². The Morgan fingerprint density at radius 2 is 1.57 bits per heavy atom. The Balaban J connectivity index is 1.89. The fraction of sp³-hybridized carbons (Fsp3) is 0.500. The van der Waals surface area contributed by atoms with Gasteiger partial charge in [-0.2, -0.15) is 5.06 Å². The van der Waals surface area contributed by atoms with Crippen LogP contribution in [0.2, 0.25) is 0 Å². The molecule has 0 saturated heterocycles. The lowest BCUT2D eigenvalue weighted by Gasteiger charge is -2.30. The van der Waals surface area contributed by atoms with Crippen LogP contribution in [0, 0.1) is 31.4 Å². The van der Waals surface area contributed by atoms with Gasteiger partial charge in [0.1, 0.15) is 11.6 Å². The average molecular weight is 388 g/mol. The maximum atomic E-state index is 14.4. The third-order valence-electron chi connectivity index (χ3n) is 6.08. The second-order valence-electron chi connectivity index (χ2n) is 8.09. The molecule has 0 spiro atoms. The monoisotopic (exact) mass is 387 g/mol. The number of hydrogen-bond acceptors (Lipinski definition) is 2. The Labute approximate surface area is 167 Å². The zero-order chi connectivity index (χ0) is 20.1. The first-order valence-electron chi connectivity index (χ1n) is 10.3. The van der Waals surface area contributed by atoms with Gasteiger partial charge < -0.3 is 4.84 Å². The molecular formula is C24H31F2NO. The minimum Gasteiger partial charge on any atom is -0.302 e. The molecule has 1 unspecified atom stereocenters. The summed E-state index contributed by atoms with van der Waals surface area (Å²) in [5, 5.41) is 1.99. The van der Waals surface area contributed by atoms with Gasteiger partial charge >= 0.3 is 0 Å². The van der Waals surface area contributed by atoms with Crippen LogP contribution in [-0.4, -0.2) is 25.3 Å². The van der Waals surface area contributed by atoms with Crippen molar-refractivity contribution in [3.05, 3.63) is 70.3 Å². The predicted octanol–water partition coefficient (Wildman–Crippen LogP) is 5.96. The lowest BCUT2D eigenvalue weighted by atomic mass is 9.85. The van der Waals surface area contributed by atoms with Gasteiger partial charge in [0.15, 0.2) is 0 Å². The number of hydrogen-bond donors (Lipinski definition) is 0. The van der Waals surface area contributed by atoms with Crippen molar-refractivity contribution in [1.29, 1.82) is 0 Å². The average Bonchev–Trinajstić information content (AvgIpc) is 3.16. The maximum absolute atomic E-state index is 14.4. The van der Waals surface area contributed by atoms with Crippen LogP contribution in [0.15, 0.2) is 36.4 Å². The molecule has 2 aromatic carbocycles. The molecule has 0 heterocycles. The highest BCUT2D eigenvalue weighted by Gasteiger charge is 2.25. The Morgan fingerprint density at radius 1 is 1.00 bits per heavy atom. The van der Waals surface area contributed by atoms with Crippen LogP contribution < -0.4 is 0 Å². The van der Waals surface area contributed by atoms with Gasteiger partial charge in [-0.05, 0) is 67.9 Å². The predicted molar refractivity (Wildman–Crippen MR) is 109 cm³/mol. The molecule has 28 heavy (non-hydrogen) atoms. The minimum absolute atomic E-state index is 0.0473. The second kappa shape index (κ2) is 9.62. The van der Waals surface area contributed by atoms with E-state index in [-0.39, 0.29) is 11.5 Å². The summed E-state index contributed by atoms with van der Waals surface area (Å²) in [6.07, 6.45) is 5.34. The smallest absolute Gasteiger partial charge is 0.129 e. The van der Waals surface area contributed by atoms with Gasteiger partial charge in [-0.15, -0.1) is 0 Å². The normalized spacial score (nSPS) is 16.1. The van der Waals surface area contributed by atoms with E-state index >= 15 is 0 Å². The van der Waals surface area contributed by atoms with Crippen LogP contribution in [0.4, 0.5) is 8.78 Å². The van der Waals surface area contributed by atoms with E-state index in [0.29, 0.717) is 18.9 Å². The summed E-state index contributed by atoms with van der Waals surface area (Å²) >= 11 is 0. The standard InChI is InChI=1S/C24H31F2NO/c1-17-8-6-9-18(2)24(17)20(14-21-22(25)12-7-13-23(21)26)16-27(28-3)15-19-10-4-5-11-19/h6-9,12-13,19-20H,4-5,10-11,14-16H2,1-3H3. The van der Waals surface area contributed by atoms with Gasteiger partial charge in [0.2, 0.25) is 0 Å². The van der Waals surface area contributed by atoms with Gasteiger partial charge in [-0.1, -0.05) is 37.1 Å². The Morgan fingerprint density at radius 3 is 2.14 bits per heavy atom. The van der Waals surface area contributed by atoms with E-state index in [9.17, 15) is 8.78 Å². The molecule has 0 aliphatic heterocycles. The molecule has 0 radical (unpaired) electrons. The molecule has 1 aliphatic carbocycles. The summed E-state index contributed by atoms with van der Waals surface area (Å²) in [7, 11) is 1.69. The SMILES string of the molecule is CON(CC1CCCC1)CC(Cc1c(F)cccc1F)c1c(C)cccc1C. The fourth-order valence-electron chi connectivity index (χ4n) is 4.65. The van der Waals surface area contributed by atoms with Crippen molar-refractivity contribution in [2.24, 2.45) is 5.92 Å². The van der Waals surface area contributed by atoms with E-state index in [0.717, 1.165) is 17.7 Å². The van der Waals surface area contributed by atoms with E-state index in [1.807, 2.05) is 11.1 Å². The van der Waals surface area contributed by atoms with Gasteiger partial charge in [0.05, 0.1) is 7.11 Å². The minimum atomic E-state index is -0.476. The van der Waals surface area contributed by atoms with Crippen LogP contribution in [0.5, 0.6) is 0 Å². The number of hydroxylamine groups is 2. The van der Waals surface area contributed by atoms with E-state index in [2.05, 4.69) is 26.0 Å². The summed E-state index contributed by atoms with van der Waals surface area (Å²) < 4.78 is 28.8. The molecule has 4 heteroatoms. The molecule has 2 nitrogen and oxygen atoms in total. The first-order valence-corrected chi connectivity index (χ1v) is 10.3. The summed E-state index contributed by atoms with van der Waals surface area (Å²) in [6.45, 7) is 5.63. The van der Waals surface area contributed by atoms with Gasteiger partial charge in [-0.25, -0.2) is 8.78 Å². The zero-order valence-electron chi connectivity index (χ0n) is 17.2. The highest BCUT2D eigenvalue weighted by atomic mass is 19.1. The molecular weight excluding hydrogens is 356 g/mol. The summed E-state index contributed by atoms with van der Waals surface area (Å²) in [5.41, 5.74) is 3.63. The molecule has 0 amide bonds. The van der Waals surface area contributed by atoms with Crippen LogP contribution in [-0.2, 0) is 11.3 Å². The lowest BCUT2D eigenvalue weighted by molar-refractivity contribution is -0.142. The van der Waals surface area contributed by atoms with Crippen LogP contribution in [0.1, 0.15) is 53.9 Å². The molecule has 0 N–H and O–H groups in total. The fourth-order valence-corrected chi connectivity index (χ4v) is 4.65. The maximum Gasteiger partial charge on any atom is 0.129 e. The van der Waals surface area contributed by atoms with E-state index < -0.39 is 11.6 Å². The number of halogens is 2. The van der Waals surface area contributed by atoms with Crippen LogP contribution >= 0.6 is 0 Å². The van der Waals surface area contributed by atoms with Crippen molar-refractivity contribution in [2.75, 3.05) is 20.2 Å². The molecule has 1 saturated carbocycles. The van der Waals surface area contributed by atoms with Crippen molar-refractivity contribution >= 4 is 0 Å². The first kappa shape index (κ1) is 20.9. The van der Waals surface area contributed by atoms with Crippen molar-refractivity contribution in [2.45, 2.75) is 51.9 Å². The van der Waals surface area contributed by atoms with Crippen LogP contribution in [0.25, 0.3) is 0 Å². The lowest BCUT2D eigenvalue weighted by Crippen LogP contribution is -2.33. The van der Waals surface area contributed by atoms with Gasteiger partial charge in [0.25, 0.3) is 0 Å². The second-order valence-corrected chi connectivity index (χ2v) is 8.09. The highest BCUT2D eigenvalue weighted by molar-refractivity contribution is 5.38. The molecule has 1 aliphatic rings. The quantitative estimate of drug-likeness (QED) is 0.518. The van der Waals surface area contributed by atoms with E-state index in [1.54, 1.807) is 7.11 Å². The summed E-state index contributed by atoms with van der Waals surface area (Å²) in [6, 6.07) is 10.3. The van der Waals surface area contributed by atoms with Crippen molar-refractivity contribution in [1.82, 2.24) is 5.06 Å².